The Bertz CT molecular complexity index is 214. The first-order valence-electron chi connectivity index (χ1n) is 4.42. The molecule has 0 unspecified atom stereocenters. The Morgan fingerprint density at radius 3 is 2.42 bits per heavy atom. The van der Waals surface area contributed by atoms with E-state index in [-0.39, 0.29) is 5.75 Å². The van der Waals surface area contributed by atoms with Crippen molar-refractivity contribution in [2.45, 2.75) is 19.8 Å². The summed E-state index contributed by atoms with van der Waals surface area (Å²) >= 11 is 0. The molecule has 0 amide bonds. The summed E-state index contributed by atoms with van der Waals surface area (Å²) in [5, 5.41) is 0. The van der Waals surface area contributed by atoms with Crippen LogP contribution in [0, 0.1) is 5.92 Å². The molecule has 1 rings (SSSR count). The van der Waals surface area contributed by atoms with Crippen LogP contribution in [-0.4, -0.2) is 33.1 Å². The molecule has 12 heavy (non-hydrogen) atoms. The normalized spacial score (nSPS) is 21.1. The highest BCUT2D eigenvalue weighted by Gasteiger charge is 2.19. The van der Waals surface area contributed by atoms with Crippen LogP contribution in [0.3, 0.4) is 0 Å². The molecule has 0 spiro atoms. The Labute approximate surface area is 74.0 Å². The standard InChI is InChI=1S/C8H16O3S/c1-2-12(9,10)7-8-3-5-11-6-4-8/h8H,2-7H2,1H3. The van der Waals surface area contributed by atoms with E-state index in [0.717, 1.165) is 26.1 Å². The Kier molecular flexibility index (Phi) is 3.53. The van der Waals surface area contributed by atoms with Gasteiger partial charge in [-0.25, -0.2) is 8.42 Å². The van der Waals surface area contributed by atoms with E-state index in [9.17, 15) is 8.42 Å². The van der Waals surface area contributed by atoms with Crippen molar-refractivity contribution >= 4 is 9.84 Å². The third-order valence-corrected chi connectivity index (χ3v) is 4.13. The summed E-state index contributed by atoms with van der Waals surface area (Å²) in [7, 11) is -2.77. The largest absolute Gasteiger partial charge is 0.381 e. The van der Waals surface area contributed by atoms with E-state index >= 15 is 0 Å². The molecule has 0 saturated carbocycles. The second-order valence-corrected chi connectivity index (χ2v) is 5.65. The maximum Gasteiger partial charge on any atom is 0.150 e. The van der Waals surface area contributed by atoms with Crippen LogP contribution in [0.5, 0.6) is 0 Å². The minimum atomic E-state index is -2.77. The summed E-state index contributed by atoms with van der Waals surface area (Å²) in [5.41, 5.74) is 0. The molecular formula is C8H16O3S. The van der Waals surface area contributed by atoms with Crippen molar-refractivity contribution in [2.24, 2.45) is 5.92 Å². The van der Waals surface area contributed by atoms with Gasteiger partial charge < -0.3 is 4.74 Å². The Balaban J connectivity index is 2.39. The molecule has 1 fully saturated rings. The zero-order valence-electron chi connectivity index (χ0n) is 7.45. The first-order valence-corrected chi connectivity index (χ1v) is 6.24. The molecule has 1 saturated heterocycles. The third-order valence-electron chi connectivity index (χ3n) is 2.27. The maximum absolute atomic E-state index is 11.2. The number of hydrogen-bond acceptors (Lipinski definition) is 3. The average Bonchev–Trinajstić information content (AvgIpc) is 2.06. The van der Waals surface area contributed by atoms with Gasteiger partial charge in [0.25, 0.3) is 0 Å². The summed E-state index contributed by atoms with van der Waals surface area (Å²) in [6, 6.07) is 0. The van der Waals surface area contributed by atoms with Gasteiger partial charge in [-0.2, -0.15) is 0 Å². The minimum absolute atomic E-state index is 0.268. The van der Waals surface area contributed by atoms with Crippen LogP contribution in [0.2, 0.25) is 0 Å². The van der Waals surface area contributed by atoms with Crippen molar-refractivity contribution < 1.29 is 13.2 Å². The number of rotatable bonds is 3. The zero-order valence-corrected chi connectivity index (χ0v) is 8.27. The van der Waals surface area contributed by atoms with E-state index in [4.69, 9.17) is 4.74 Å². The average molecular weight is 192 g/mol. The lowest BCUT2D eigenvalue weighted by atomic mass is 10.0. The lowest BCUT2D eigenvalue weighted by Crippen LogP contribution is -2.24. The molecule has 0 aromatic heterocycles. The van der Waals surface area contributed by atoms with Crippen molar-refractivity contribution in [1.29, 1.82) is 0 Å². The van der Waals surface area contributed by atoms with Gasteiger partial charge in [-0.1, -0.05) is 6.92 Å². The van der Waals surface area contributed by atoms with E-state index in [1.54, 1.807) is 6.92 Å². The number of hydrogen-bond donors (Lipinski definition) is 0. The topological polar surface area (TPSA) is 43.4 Å². The van der Waals surface area contributed by atoms with Crippen molar-refractivity contribution in [3.05, 3.63) is 0 Å². The molecule has 0 aromatic carbocycles. The van der Waals surface area contributed by atoms with Gasteiger partial charge in [0, 0.05) is 19.0 Å². The maximum atomic E-state index is 11.2. The highest BCUT2D eigenvalue weighted by molar-refractivity contribution is 7.91. The molecule has 3 nitrogen and oxygen atoms in total. The van der Waals surface area contributed by atoms with E-state index in [0.29, 0.717) is 11.7 Å². The van der Waals surface area contributed by atoms with Crippen molar-refractivity contribution in [3.63, 3.8) is 0 Å². The van der Waals surface area contributed by atoms with Crippen LogP contribution < -0.4 is 0 Å². The molecule has 4 heteroatoms. The Morgan fingerprint density at radius 2 is 1.92 bits per heavy atom. The van der Waals surface area contributed by atoms with Gasteiger partial charge in [0.1, 0.15) is 9.84 Å². The molecule has 1 heterocycles. The van der Waals surface area contributed by atoms with Crippen molar-refractivity contribution in [1.82, 2.24) is 0 Å². The van der Waals surface area contributed by atoms with Gasteiger partial charge in [0.2, 0.25) is 0 Å². The van der Waals surface area contributed by atoms with Gasteiger partial charge in [-0.15, -0.1) is 0 Å². The van der Waals surface area contributed by atoms with Gasteiger partial charge in [-0.3, -0.25) is 0 Å². The van der Waals surface area contributed by atoms with E-state index < -0.39 is 9.84 Å². The Morgan fingerprint density at radius 1 is 1.33 bits per heavy atom. The fourth-order valence-electron chi connectivity index (χ4n) is 1.39. The van der Waals surface area contributed by atoms with Crippen LogP contribution in [0.1, 0.15) is 19.8 Å². The van der Waals surface area contributed by atoms with Crippen LogP contribution in [-0.2, 0) is 14.6 Å². The fraction of sp³-hybridized carbons (Fsp3) is 1.00. The quantitative estimate of drug-likeness (QED) is 0.665. The summed E-state index contributed by atoms with van der Waals surface area (Å²) < 4.78 is 27.6. The SMILES string of the molecule is CCS(=O)(=O)CC1CCOCC1. The van der Waals surface area contributed by atoms with Gasteiger partial charge in [0.05, 0.1) is 5.75 Å². The third kappa shape index (κ3) is 3.11. The molecule has 0 N–H and O–H groups in total. The van der Waals surface area contributed by atoms with Crippen molar-refractivity contribution in [3.8, 4) is 0 Å². The van der Waals surface area contributed by atoms with Crippen LogP contribution in [0.25, 0.3) is 0 Å². The van der Waals surface area contributed by atoms with E-state index in [1.807, 2.05) is 0 Å². The lowest BCUT2D eigenvalue weighted by molar-refractivity contribution is 0.0723. The molecule has 0 aliphatic carbocycles. The molecule has 0 aromatic rings. The zero-order chi connectivity index (χ0) is 9.03. The van der Waals surface area contributed by atoms with Crippen molar-refractivity contribution in [2.75, 3.05) is 24.7 Å². The van der Waals surface area contributed by atoms with E-state index in [1.165, 1.54) is 0 Å². The molecular weight excluding hydrogens is 176 g/mol. The molecule has 1 aliphatic heterocycles. The van der Waals surface area contributed by atoms with E-state index in [2.05, 4.69) is 0 Å². The minimum Gasteiger partial charge on any atom is -0.381 e. The lowest BCUT2D eigenvalue weighted by Gasteiger charge is -2.21. The number of ether oxygens (including phenoxy) is 1. The monoisotopic (exact) mass is 192 g/mol. The summed E-state index contributed by atoms with van der Waals surface area (Å²) in [6.45, 7) is 3.16. The smallest absolute Gasteiger partial charge is 0.150 e. The molecule has 0 bridgehead atoms. The predicted octanol–water partition coefficient (Wildman–Crippen LogP) is 0.848. The summed E-state index contributed by atoms with van der Waals surface area (Å²) in [5.74, 6) is 0.959. The second-order valence-electron chi connectivity index (χ2n) is 3.25. The fourth-order valence-corrected chi connectivity index (χ4v) is 2.68. The summed E-state index contributed by atoms with van der Waals surface area (Å²) in [6.07, 6.45) is 1.80. The first-order chi connectivity index (χ1) is 5.64. The second kappa shape index (κ2) is 4.23. The van der Waals surface area contributed by atoms with Gasteiger partial charge in [-0.05, 0) is 18.8 Å². The van der Waals surface area contributed by atoms with Gasteiger partial charge >= 0.3 is 0 Å². The predicted molar refractivity (Wildman–Crippen MR) is 47.9 cm³/mol. The molecule has 72 valence electrons. The molecule has 0 radical (unpaired) electrons. The Hall–Kier alpha value is -0.0900. The molecule has 0 atom stereocenters. The number of sulfone groups is 1. The van der Waals surface area contributed by atoms with Crippen LogP contribution in [0.4, 0.5) is 0 Å². The highest BCUT2D eigenvalue weighted by atomic mass is 32.2. The van der Waals surface area contributed by atoms with Gasteiger partial charge in [0.15, 0.2) is 0 Å². The summed E-state index contributed by atoms with van der Waals surface area (Å²) in [4.78, 5) is 0. The van der Waals surface area contributed by atoms with Crippen LogP contribution >= 0.6 is 0 Å². The first kappa shape index (κ1) is 9.99. The van der Waals surface area contributed by atoms with Crippen LogP contribution in [0.15, 0.2) is 0 Å². The molecule has 1 aliphatic rings. The highest BCUT2D eigenvalue weighted by Crippen LogP contribution is 2.16.